The van der Waals surface area contributed by atoms with Gasteiger partial charge in [-0.05, 0) is 50.7 Å². The monoisotopic (exact) mass is 288 g/mol. The average molecular weight is 288 g/mol. The number of carboxylic acids is 1. The van der Waals surface area contributed by atoms with E-state index in [2.05, 4.69) is 36.0 Å². The molecule has 1 aromatic carbocycles. The molecule has 4 heteroatoms. The van der Waals surface area contributed by atoms with Crippen molar-refractivity contribution in [2.45, 2.75) is 25.4 Å². The Bertz CT molecular complexity index is 513. The first-order chi connectivity index (χ1) is 10.0. The quantitative estimate of drug-likeness (QED) is 0.845. The second-order valence-electron chi connectivity index (χ2n) is 5.89. The summed E-state index contributed by atoms with van der Waals surface area (Å²) in [5.41, 5.74) is 2.15. The van der Waals surface area contributed by atoms with Crippen molar-refractivity contribution in [2.24, 2.45) is 0 Å². The molecule has 1 aromatic rings. The molecule has 4 nitrogen and oxygen atoms in total. The molecule has 0 aromatic heterocycles. The zero-order valence-corrected chi connectivity index (χ0v) is 12.8. The van der Waals surface area contributed by atoms with Crippen LogP contribution in [0.15, 0.2) is 30.3 Å². The predicted octanol–water partition coefficient (Wildman–Crippen LogP) is 2.31. The van der Waals surface area contributed by atoms with Gasteiger partial charge in [0.1, 0.15) is 0 Å². The van der Waals surface area contributed by atoms with Crippen LogP contribution in [-0.2, 0) is 11.3 Å². The SMILES string of the molecule is CN1CCCC(N(C)Cc2cccc(C=CC(=O)O)c2)C1. The summed E-state index contributed by atoms with van der Waals surface area (Å²) in [6.45, 7) is 3.21. The molecule has 0 radical (unpaired) electrons. The Balaban J connectivity index is 1.98. The highest BCUT2D eigenvalue weighted by Gasteiger charge is 2.20. The lowest BCUT2D eigenvalue weighted by atomic mass is 10.0. The summed E-state index contributed by atoms with van der Waals surface area (Å²) < 4.78 is 0. The van der Waals surface area contributed by atoms with E-state index in [1.54, 1.807) is 6.08 Å². The van der Waals surface area contributed by atoms with Gasteiger partial charge in [0.15, 0.2) is 0 Å². The van der Waals surface area contributed by atoms with Gasteiger partial charge >= 0.3 is 5.97 Å². The highest BCUT2D eigenvalue weighted by atomic mass is 16.4. The first-order valence-corrected chi connectivity index (χ1v) is 7.43. The van der Waals surface area contributed by atoms with Crippen molar-refractivity contribution in [3.8, 4) is 0 Å². The van der Waals surface area contributed by atoms with E-state index in [-0.39, 0.29) is 0 Å². The zero-order chi connectivity index (χ0) is 15.2. The summed E-state index contributed by atoms with van der Waals surface area (Å²) in [5.74, 6) is -0.914. The van der Waals surface area contributed by atoms with Crippen LogP contribution in [0.1, 0.15) is 24.0 Å². The van der Waals surface area contributed by atoms with Crippen LogP contribution in [-0.4, -0.2) is 54.1 Å². The van der Waals surface area contributed by atoms with Crippen molar-refractivity contribution < 1.29 is 9.90 Å². The molecule has 1 N–H and O–H groups in total. The van der Waals surface area contributed by atoms with Gasteiger partial charge in [0.2, 0.25) is 0 Å². The summed E-state index contributed by atoms with van der Waals surface area (Å²) in [4.78, 5) is 15.4. The minimum absolute atomic E-state index is 0.599. The van der Waals surface area contributed by atoms with Crippen molar-refractivity contribution in [3.05, 3.63) is 41.5 Å². The molecule has 114 valence electrons. The van der Waals surface area contributed by atoms with Gasteiger partial charge in [-0.1, -0.05) is 24.3 Å². The zero-order valence-electron chi connectivity index (χ0n) is 12.8. The molecule has 21 heavy (non-hydrogen) atoms. The van der Waals surface area contributed by atoms with Crippen LogP contribution in [0.2, 0.25) is 0 Å². The smallest absolute Gasteiger partial charge is 0.328 e. The average Bonchev–Trinajstić information content (AvgIpc) is 2.45. The van der Waals surface area contributed by atoms with Gasteiger partial charge in [-0.2, -0.15) is 0 Å². The van der Waals surface area contributed by atoms with Crippen LogP contribution in [0.4, 0.5) is 0 Å². The number of carbonyl (C=O) groups is 1. The summed E-state index contributed by atoms with van der Waals surface area (Å²) in [7, 11) is 4.35. The second-order valence-corrected chi connectivity index (χ2v) is 5.89. The van der Waals surface area contributed by atoms with Crippen molar-refractivity contribution in [2.75, 3.05) is 27.2 Å². The number of likely N-dealkylation sites (N-methyl/N-ethyl adjacent to an activating group) is 2. The lowest BCUT2D eigenvalue weighted by molar-refractivity contribution is -0.131. The maximum absolute atomic E-state index is 10.6. The molecule has 0 saturated carbocycles. The third-order valence-electron chi connectivity index (χ3n) is 4.02. The maximum Gasteiger partial charge on any atom is 0.328 e. The number of likely N-dealkylation sites (tertiary alicyclic amines) is 1. The fourth-order valence-electron chi connectivity index (χ4n) is 2.88. The largest absolute Gasteiger partial charge is 0.478 e. The molecule has 1 saturated heterocycles. The molecule has 1 fully saturated rings. The molecule has 0 amide bonds. The van der Waals surface area contributed by atoms with Gasteiger partial charge in [-0.3, -0.25) is 4.90 Å². The summed E-state index contributed by atoms with van der Waals surface area (Å²) in [6.07, 6.45) is 5.32. The predicted molar refractivity (Wildman–Crippen MR) is 85.1 cm³/mol. The first kappa shape index (κ1) is 15.7. The number of benzene rings is 1. The van der Waals surface area contributed by atoms with E-state index in [9.17, 15) is 4.79 Å². The minimum atomic E-state index is -0.914. The number of piperidine rings is 1. The molecule has 2 rings (SSSR count). The lowest BCUT2D eigenvalue weighted by Gasteiger charge is -2.36. The molecule has 1 aliphatic heterocycles. The van der Waals surface area contributed by atoms with E-state index in [0.29, 0.717) is 6.04 Å². The molecule has 1 unspecified atom stereocenters. The molecular weight excluding hydrogens is 264 g/mol. The Labute approximate surface area is 126 Å². The van der Waals surface area contributed by atoms with E-state index >= 15 is 0 Å². The minimum Gasteiger partial charge on any atom is -0.478 e. The van der Waals surface area contributed by atoms with Crippen LogP contribution < -0.4 is 0 Å². The van der Waals surface area contributed by atoms with Crippen LogP contribution in [0.3, 0.4) is 0 Å². The summed E-state index contributed by atoms with van der Waals surface area (Å²) >= 11 is 0. The maximum atomic E-state index is 10.6. The van der Waals surface area contributed by atoms with Gasteiger partial charge in [0, 0.05) is 25.2 Å². The third-order valence-corrected chi connectivity index (χ3v) is 4.02. The Morgan fingerprint density at radius 2 is 2.33 bits per heavy atom. The third kappa shape index (κ3) is 4.99. The Hall–Kier alpha value is -1.65. The normalized spacial score (nSPS) is 20.2. The van der Waals surface area contributed by atoms with Crippen molar-refractivity contribution in [1.82, 2.24) is 9.80 Å². The highest BCUT2D eigenvalue weighted by molar-refractivity contribution is 5.85. The molecular formula is C17H24N2O2. The molecule has 1 heterocycles. The van der Waals surface area contributed by atoms with Crippen LogP contribution in [0.25, 0.3) is 6.08 Å². The van der Waals surface area contributed by atoms with Gasteiger partial charge < -0.3 is 10.0 Å². The molecule has 0 bridgehead atoms. The Morgan fingerprint density at radius 1 is 1.52 bits per heavy atom. The standard InChI is InChI=1S/C17H24N2O2/c1-18-10-4-7-16(13-18)19(2)12-15-6-3-5-14(11-15)8-9-17(20)21/h3,5-6,8-9,11,16H,4,7,10,12-13H2,1-2H3,(H,20,21). The molecule has 0 aliphatic carbocycles. The number of hydrogen-bond donors (Lipinski definition) is 1. The van der Waals surface area contributed by atoms with Crippen molar-refractivity contribution >= 4 is 12.0 Å². The van der Waals surface area contributed by atoms with Gasteiger partial charge in [0.25, 0.3) is 0 Å². The summed E-state index contributed by atoms with van der Waals surface area (Å²) in [6, 6.07) is 8.67. The number of nitrogens with zero attached hydrogens (tertiary/aromatic N) is 2. The van der Waals surface area contributed by atoms with Crippen LogP contribution in [0, 0.1) is 0 Å². The molecule has 1 atom stereocenters. The van der Waals surface area contributed by atoms with Crippen molar-refractivity contribution in [1.29, 1.82) is 0 Å². The van der Waals surface area contributed by atoms with Crippen LogP contribution >= 0.6 is 0 Å². The fourth-order valence-corrected chi connectivity index (χ4v) is 2.88. The van der Waals surface area contributed by atoms with E-state index < -0.39 is 5.97 Å². The van der Waals surface area contributed by atoms with Crippen molar-refractivity contribution in [3.63, 3.8) is 0 Å². The Morgan fingerprint density at radius 3 is 3.05 bits per heavy atom. The van der Waals surface area contributed by atoms with E-state index in [1.807, 2.05) is 12.1 Å². The van der Waals surface area contributed by atoms with Crippen LogP contribution in [0.5, 0.6) is 0 Å². The highest BCUT2D eigenvalue weighted by Crippen LogP contribution is 2.16. The number of hydrogen-bond acceptors (Lipinski definition) is 3. The number of aliphatic carboxylic acids is 1. The van der Waals surface area contributed by atoms with Gasteiger partial charge in [-0.15, -0.1) is 0 Å². The van der Waals surface area contributed by atoms with Gasteiger partial charge in [0.05, 0.1) is 0 Å². The second kappa shape index (κ2) is 7.38. The number of rotatable bonds is 5. The summed E-state index contributed by atoms with van der Waals surface area (Å²) in [5, 5.41) is 8.68. The lowest BCUT2D eigenvalue weighted by Crippen LogP contribution is -2.44. The number of carboxylic acid groups (broad SMARTS) is 1. The molecule has 1 aliphatic rings. The van der Waals surface area contributed by atoms with E-state index in [1.165, 1.54) is 31.0 Å². The Kier molecular flexibility index (Phi) is 5.53. The van der Waals surface area contributed by atoms with E-state index in [0.717, 1.165) is 18.7 Å². The first-order valence-electron chi connectivity index (χ1n) is 7.43. The van der Waals surface area contributed by atoms with Gasteiger partial charge in [-0.25, -0.2) is 4.79 Å². The molecule has 0 spiro atoms. The van der Waals surface area contributed by atoms with E-state index in [4.69, 9.17) is 5.11 Å². The fraction of sp³-hybridized carbons (Fsp3) is 0.471. The topological polar surface area (TPSA) is 43.8 Å².